The van der Waals surface area contributed by atoms with Crippen molar-refractivity contribution in [3.05, 3.63) is 184 Å². The van der Waals surface area contributed by atoms with Crippen molar-refractivity contribution in [2.45, 2.75) is 15.7 Å². The SMILES string of the molecule is O=C1C(=C2C(O)=CC(=[N+](c3ccccc3)c3ccccc3)C=C2O)C(O)=C1c1c(O)cc(C(c2ccc(S(=O)(=O)O)cc2)c2ccc(S(=O)(=O)O)cc2)cc1O. The lowest BCUT2D eigenvalue weighted by Crippen LogP contribution is -2.26. The van der Waals surface area contributed by atoms with E-state index in [9.17, 15) is 56.3 Å². The molecule has 2 aliphatic rings. The fraction of sp³-hybridized carbons (Fsp3) is 0.0244. The van der Waals surface area contributed by atoms with Crippen LogP contribution in [-0.4, -0.2) is 63.0 Å². The molecule has 282 valence electrons. The molecule has 7 rings (SSSR count). The molecule has 0 atom stereocenters. The molecule has 0 unspecified atom stereocenters. The van der Waals surface area contributed by atoms with E-state index < -0.39 is 87.2 Å². The normalized spacial score (nSPS) is 14.8. The van der Waals surface area contributed by atoms with E-state index in [-0.39, 0.29) is 11.1 Å². The van der Waals surface area contributed by atoms with Crippen LogP contribution in [0.25, 0.3) is 5.57 Å². The molecule has 15 heteroatoms. The number of hydrogen-bond acceptors (Lipinski definition) is 10. The number of benzene rings is 5. The first-order chi connectivity index (χ1) is 26.5. The Morgan fingerprint density at radius 2 is 0.911 bits per heavy atom. The monoisotopic (exact) mass is 792 g/mol. The molecule has 0 bridgehead atoms. The summed E-state index contributed by atoms with van der Waals surface area (Å²) in [5, 5.41) is 56.2. The van der Waals surface area contributed by atoms with Crippen molar-refractivity contribution in [1.29, 1.82) is 0 Å². The number of nitrogens with zero attached hydrogens (tertiary/aromatic N) is 1. The van der Waals surface area contributed by atoms with Gasteiger partial charge in [0.2, 0.25) is 22.9 Å². The van der Waals surface area contributed by atoms with Gasteiger partial charge in [0.1, 0.15) is 28.8 Å². The molecule has 5 aromatic carbocycles. The third-order valence-corrected chi connectivity index (χ3v) is 11.0. The largest absolute Gasteiger partial charge is 0.507 e. The van der Waals surface area contributed by atoms with Gasteiger partial charge >= 0.3 is 0 Å². The van der Waals surface area contributed by atoms with Crippen LogP contribution in [0.2, 0.25) is 0 Å². The third-order valence-electron chi connectivity index (χ3n) is 9.27. The Morgan fingerprint density at radius 3 is 1.29 bits per heavy atom. The van der Waals surface area contributed by atoms with E-state index in [2.05, 4.69) is 0 Å². The average Bonchev–Trinajstić information content (AvgIpc) is 3.15. The van der Waals surface area contributed by atoms with E-state index in [0.717, 1.165) is 24.3 Å². The number of aliphatic hydroxyl groups is 3. The molecule has 0 saturated heterocycles. The van der Waals surface area contributed by atoms with E-state index >= 15 is 0 Å². The van der Waals surface area contributed by atoms with Crippen LogP contribution in [0.1, 0.15) is 28.2 Å². The first-order valence-corrected chi connectivity index (χ1v) is 19.5. The van der Waals surface area contributed by atoms with E-state index in [1.807, 2.05) is 60.7 Å². The van der Waals surface area contributed by atoms with Gasteiger partial charge in [-0.1, -0.05) is 60.7 Å². The van der Waals surface area contributed by atoms with Crippen molar-refractivity contribution in [3.8, 4) is 11.5 Å². The van der Waals surface area contributed by atoms with Crippen molar-refractivity contribution < 1.29 is 56.3 Å². The molecule has 0 amide bonds. The summed E-state index contributed by atoms with van der Waals surface area (Å²) < 4.78 is 67.5. The highest BCUT2D eigenvalue weighted by Gasteiger charge is 2.43. The third kappa shape index (κ3) is 6.86. The van der Waals surface area contributed by atoms with Gasteiger partial charge in [-0.3, -0.25) is 13.9 Å². The highest BCUT2D eigenvalue weighted by molar-refractivity contribution is 7.86. The second-order valence-electron chi connectivity index (χ2n) is 12.7. The number of allylic oxidation sites excluding steroid dienone is 4. The minimum Gasteiger partial charge on any atom is -0.507 e. The summed E-state index contributed by atoms with van der Waals surface area (Å²) in [5.41, 5.74) is 0.785. The highest BCUT2D eigenvalue weighted by Crippen LogP contribution is 2.48. The van der Waals surface area contributed by atoms with Gasteiger partial charge in [0.15, 0.2) is 0 Å². The van der Waals surface area contributed by atoms with Crippen LogP contribution in [0.15, 0.2) is 172 Å². The van der Waals surface area contributed by atoms with Gasteiger partial charge in [-0.05, 0) is 53.1 Å². The molecule has 0 saturated carbocycles. The van der Waals surface area contributed by atoms with Gasteiger partial charge in [0.05, 0.1) is 44.2 Å². The zero-order valence-corrected chi connectivity index (χ0v) is 30.3. The lowest BCUT2D eigenvalue weighted by molar-refractivity contribution is -0.111. The van der Waals surface area contributed by atoms with E-state index in [0.29, 0.717) is 28.2 Å². The number of hydrogen-bond donors (Lipinski definition) is 7. The first kappa shape index (κ1) is 37.5. The lowest BCUT2D eigenvalue weighted by Gasteiger charge is -2.27. The van der Waals surface area contributed by atoms with E-state index in [1.54, 1.807) is 4.58 Å². The Hall–Kier alpha value is -6.78. The lowest BCUT2D eigenvalue weighted by atomic mass is 9.77. The number of aromatic hydroxyl groups is 2. The van der Waals surface area contributed by atoms with Crippen LogP contribution < -0.4 is 4.58 Å². The number of Topliss-reactive ketones (excluding diaryl/α,β-unsaturated/α-hetero) is 1. The summed E-state index contributed by atoms with van der Waals surface area (Å²) in [7, 11) is -9.12. The minimum atomic E-state index is -4.56. The van der Waals surface area contributed by atoms with Crippen LogP contribution in [-0.2, 0) is 25.0 Å². The van der Waals surface area contributed by atoms with Gasteiger partial charge in [-0.2, -0.15) is 21.4 Å². The highest BCUT2D eigenvalue weighted by atomic mass is 32.2. The molecule has 7 N–H and O–H groups in total. The number of carbonyl (C=O) groups is 1. The molecule has 0 fully saturated rings. The second kappa shape index (κ2) is 14.1. The Labute approximate surface area is 319 Å². The maximum Gasteiger partial charge on any atom is 0.294 e. The molecule has 0 heterocycles. The summed E-state index contributed by atoms with van der Waals surface area (Å²) in [4.78, 5) is 12.8. The molecule has 13 nitrogen and oxygen atoms in total. The number of rotatable bonds is 8. The van der Waals surface area contributed by atoms with Crippen molar-refractivity contribution >= 4 is 48.7 Å². The van der Waals surface area contributed by atoms with Gasteiger partial charge in [-0.15, -0.1) is 0 Å². The molecular weight excluding hydrogens is 763 g/mol. The number of aliphatic hydroxyl groups excluding tert-OH is 3. The van der Waals surface area contributed by atoms with Crippen molar-refractivity contribution in [2.24, 2.45) is 0 Å². The maximum absolute atomic E-state index is 13.7. The maximum atomic E-state index is 13.7. The van der Waals surface area contributed by atoms with E-state index in [1.165, 1.54) is 48.6 Å². The van der Waals surface area contributed by atoms with Crippen LogP contribution in [0.4, 0.5) is 11.4 Å². The number of para-hydroxylation sites is 2. The van der Waals surface area contributed by atoms with Crippen molar-refractivity contribution in [1.82, 2.24) is 4.58 Å². The van der Waals surface area contributed by atoms with Gasteiger partial charge < -0.3 is 25.5 Å². The summed E-state index contributed by atoms with van der Waals surface area (Å²) in [6.45, 7) is 0. The zero-order chi connectivity index (χ0) is 40.1. The summed E-state index contributed by atoms with van der Waals surface area (Å²) in [6, 6.07) is 30.4. The Bertz CT molecular complexity index is 2660. The molecule has 5 aromatic rings. The van der Waals surface area contributed by atoms with Crippen LogP contribution in [0, 0.1) is 0 Å². The molecular formula is C41H30NO12S2+. The average molecular weight is 793 g/mol. The predicted octanol–water partition coefficient (Wildman–Crippen LogP) is 6.79. The van der Waals surface area contributed by atoms with Crippen LogP contribution >= 0.6 is 0 Å². The Morgan fingerprint density at radius 1 is 0.500 bits per heavy atom. The summed E-state index contributed by atoms with van der Waals surface area (Å²) >= 11 is 0. The van der Waals surface area contributed by atoms with Gasteiger partial charge in [0, 0.05) is 30.2 Å². The molecule has 56 heavy (non-hydrogen) atoms. The summed E-state index contributed by atoms with van der Waals surface area (Å²) in [6.07, 6.45) is 2.63. The molecule has 2 aliphatic carbocycles. The number of phenolic OH excluding ortho intramolecular Hbond substituents is 2. The molecule has 0 aliphatic heterocycles. The number of phenols is 2. The number of ketones is 1. The van der Waals surface area contributed by atoms with Gasteiger partial charge in [0.25, 0.3) is 20.2 Å². The van der Waals surface area contributed by atoms with Crippen molar-refractivity contribution in [3.63, 3.8) is 0 Å². The molecule has 0 aromatic heterocycles. The topological polar surface area (TPSA) is 230 Å². The predicted molar refractivity (Wildman–Crippen MR) is 206 cm³/mol. The second-order valence-corrected chi connectivity index (χ2v) is 15.6. The fourth-order valence-electron chi connectivity index (χ4n) is 6.75. The summed E-state index contributed by atoms with van der Waals surface area (Å²) in [5.74, 6) is -5.02. The van der Waals surface area contributed by atoms with Crippen LogP contribution in [0.5, 0.6) is 11.5 Å². The standard InChI is InChI=1S/C41H29NO12S2/c43-31-19-25(35(23-11-15-29(16-12-23)55(49,50)51)24-13-17-30(18-14-24)56(52,53)54)20-32(44)36(31)38-40(47)39(41(38)48)37-33(45)21-28(22-34(37)46)42(26-7-3-1-4-8-26)27-9-5-2-6-10-27/h1-22,35H,(H6,43,44,45,46,47,48,49,50,51,52,53,54)/p+1. The first-order valence-electron chi connectivity index (χ1n) is 16.6. The number of carbonyl (C=O) groups excluding carboxylic acids is 1. The Kier molecular flexibility index (Phi) is 9.47. The minimum absolute atomic E-state index is 0.159. The zero-order valence-electron chi connectivity index (χ0n) is 28.7. The van der Waals surface area contributed by atoms with Crippen LogP contribution in [0.3, 0.4) is 0 Å². The van der Waals surface area contributed by atoms with E-state index in [4.69, 9.17) is 0 Å². The fourth-order valence-corrected chi connectivity index (χ4v) is 7.71. The molecule has 0 spiro atoms. The van der Waals surface area contributed by atoms with Gasteiger partial charge in [-0.25, -0.2) is 0 Å². The Balaban J connectivity index is 1.31. The quantitative estimate of drug-likeness (QED) is 0.0373. The smallest absolute Gasteiger partial charge is 0.294 e. The molecule has 0 radical (unpaired) electrons. The van der Waals surface area contributed by atoms with Crippen molar-refractivity contribution in [2.75, 3.05) is 0 Å².